The Morgan fingerprint density at radius 1 is 0.585 bits per heavy atom. The van der Waals surface area contributed by atoms with Gasteiger partial charge in [0.1, 0.15) is 35.6 Å². The Balaban J connectivity index is 1.81. The molecule has 1 amide bonds. The van der Waals surface area contributed by atoms with E-state index < -0.39 is 134 Å². The number of ether oxygens (including phenoxy) is 2. The van der Waals surface area contributed by atoms with Crippen molar-refractivity contribution in [3.05, 3.63) is 157 Å². The first-order valence-corrected chi connectivity index (χ1v) is 32.8. The molecule has 1 fully saturated rings. The molecular weight excluding hydrogens is 1210 g/mol. The van der Waals surface area contributed by atoms with Crippen LogP contribution in [0.4, 0.5) is 0 Å². The topological polar surface area (TPSA) is 398 Å². The van der Waals surface area contributed by atoms with E-state index >= 15 is 0 Å². The Labute approximate surface area is 555 Å². The van der Waals surface area contributed by atoms with Gasteiger partial charge in [-0.25, -0.2) is 0 Å². The quantitative estimate of drug-likeness (QED) is 0.0124. The van der Waals surface area contributed by atoms with Crippen molar-refractivity contribution in [3.63, 3.8) is 0 Å². The number of unbranched alkanes of at least 4 members (excludes halogenated alkanes) is 1. The monoisotopic (exact) mass is 1320 g/mol. The van der Waals surface area contributed by atoms with Crippen molar-refractivity contribution in [1.29, 1.82) is 0 Å². The van der Waals surface area contributed by atoms with Crippen LogP contribution in [0.2, 0.25) is 0 Å². The minimum atomic E-state index is -1.65. The van der Waals surface area contributed by atoms with Crippen molar-refractivity contribution in [2.45, 2.75) is 241 Å². The van der Waals surface area contributed by atoms with Gasteiger partial charge in [-0.05, 0) is 90.7 Å². The van der Waals surface area contributed by atoms with Gasteiger partial charge in [-0.3, -0.25) is 19.4 Å². The zero-order chi connectivity index (χ0) is 70.0. The Morgan fingerprint density at radius 3 is 1.69 bits per heavy atom. The van der Waals surface area contributed by atoms with Crippen LogP contribution in [0.15, 0.2) is 162 Å². The first-order valence-electron chi connectivity index (χ1n) is 32.8. The van der Waals surface area contributed by atoms with Crippen molar-refractivity contribution in [2.75, 3.05) is 6.54 Å². The number of Topliss-reactive ketones (excluding diaryl/α,β-unsaturated/α-hetero) is 2. The first-order chi connectivity index (χ1) is 44.7. The van der Waals surface area contributed by atoms with E-state index in [1.807, 2.05) is 44.2 Å². The number of carbonyl (C=O) groups excluding carboxylic acids is 3. The number of carbonyl (C=O) groups is 3. The lowest BCUT2D eigenvalue weighted by Crippen LogP contribution is -2.58. The fourth-order valence-corrected chi connectivity index (χ4v) is 10.1. The summed E-state index contributed by atoms with van der Waals surface area (Å²) >= 11 is 0. The lowest BCUT2D eigenvalue weighted by Gasteiger charge is -2.41. The molecule has 0 radical (unpaired) electrons. The zero-order valence-electron chi connectivity index (χ0n) is 55.2. The molecule has 0 aromatic rings. The molecule has 0 aromatic heterocycles. The van der Waals surface area contributed by atoms with Crippen LogP contribution < -0.4 is 5.32 Å². The number of allylic oxidation sites excluding steroid dienone is 18. The van der Waals surface area contributed by atoms with Gasteiger partial charge in [0.05, 0.1) is 79.4 Å². The zero-order valence-corrected chi connectivity index (χ0v) is 55.2. The highest BCUT2D eigenvalue weighted by atomic mass is 16.7. The van der Waals surface area contributed by atoms with Gasteiger partial charge in [0, 0.05) is 62.5 Å². The van der Waals surface area contributed by atoms with Gasteiger partial charge in [0.25, 0.3) is 0 Å². The molecule has 20 atom stereocenters. The van der Waals surface area contributed by atoms with E-state index in [1.165, 1.54) is 37.3 Å². The molecular formula is C72H110N2O20. The Bertz CT molecular complexity index is 2600. The summed E-state index contributed by atoms with van der Waals surface area (Å²) < 4.78 is 11.7. The van der Waals surface area contributed by atoms with E-state index in [1.54, 1.807) is 105 Å². The van der Waals surface area contributed by atoms with Crippen LogP contribution in [0.25, 0.3) is 0 Å². The van der Waals surface area contributed by atoms with E-state index in [4.69, 9.17) is 9.47 Å². The molecule has 1 heterocycles. The highest BCUT2D eigenvalue weighted by molar-refractivity contribution is 6.03. The standard InChI is InChI=1S/C72H110N2O20/c1-6-73-40-28-34-56(79)41-52(75)30-26-31-53(76)42-57(80)45-58(81)43-54(77)32-27-33-55(78)44-59(82)46-60(83)47-64(87)49(3)65(94-72-71(92)70(91)69(90)51(5)93-72)36-24-20-16-12-9-11-15-19-23-35-61(84)50(4)68(89)48(2)29-22-18-14-10-7-8-13-17-21-25-37-66(88)74-67-62(85)38-39-63(67)86/h6-13,15-17,19-27,29,31,33,35,37,48-61,65,68-72,75-85,89-92H,14,18,28,30,32,34,36,38-47H2,1-5H3,(H,74,88)/b10-7+,11-9+,13-8+,16-12+,19-15+,21-17+,24-20+,29-22+,31-26+,33-27+,35-23+,37-25+,73-6?. The van der Waals surface area contributed by atoms with E-state index in [9.17, 15) is 91.0 Å². The predicted molar refractivity (Wildman–Crippen MR) is 361 cm³/mol. The summed E-state index contributed by atoms with van der Waals surface area (Å²) in [5, 5.41) is 159. The third-order valence-electron chi connectivity index (χ3n) is 15.9. The molecule has 20 unspecified atom stereocenters. The van der Waals surface area contributed by atoms with Crippen molar-refractivity contribution in [2.24, 2.45) is 22.7 Å². The molecule has 2 aliphatic rings. The molecule has 2 rings (SSSR count). The summed E-state index contributed by atoms with van der Waals surface area (Å²) in [7, 11) is 0. The SMILES string of the molecule is CC=NCCCC(O)CC(O)C/C=C/C(O)CC(O)CC(O)CC(O)C/C=C/C(O)CC(O)CC(O)CC(=O)C(C)C(C/C=C/C=C/C=C/C=C/C=C/C(O)C(C)C(O)C(C)/C=C/CC/C=C/C=C/C=C/C=C/C(=O)NC1=C(O)CCC1=O)OC1OC(C)C(O)C(O)C1O. The van der Waals surface area contributed by atoms with Gasteiger partial charge in [-0.2, -0.15) is 0 Å². The molecule has 22 nitrogen and oxygen atoms in total. The van der Waals surface area contributed by atoms with E-state index in [0.717, 1.165) is 12.8 Å². The first kappa shape index (κ1) is 84.3. The molecule has 1 saturated heterocycles. The van der Waals surface area contributed by atoms with Crippen LogP contribution >= 0.6 is 0 Å². The van der Waals surface area contributed by atoms with Crippen LogP contribution in [0.1, 0.15) is 137 Å². The second-order valence-electron chi connectivity index (χ2n) is 24.3. The molecule has 16 N–H and O–H groups in total. The maximum absolute atomic E-state index is 13.6. The lowest BCUT2D eigenvalue weighted by molar-refractivity contribution is -0.306. The molecule has 528 valence electrons. The van der Waals surface area contributed by atoms with E-state index in [0.29, 0.717) is 19.4 Å². The second-order valence-corrected chi connectivity index (χ2v) is 24.3. The molecule has 94 heavy (non-hydrogen) atoms. The Kier molecular flexibility index (Phi) is 43.9. The molecule has 0 bridgehead atoms. The summed E-state index contributed by atoms with van der Waals surface area (Å²) in [6.45, 7) is 9.14. The van der Waals surface area contributed by atoms with Gasteiger partial charge in [0.2, 0.25) is 5.91 Å². The molecule has 22 heteroatoms. The van der Waals surface area contributed by atoms with E-state index in [-0.39, 0.29) is 93.8 Å². The summed E-state index contributed by atoms with van der Waals surface area (Å²) in [6.07, 6.45) is 25.6. The van der Waals surface area contributed by atoms with Crippen molar-refractivity contribution in [1.82, 2.24) is 5.32 Å². The van der Waals surface area contributed by atoms with Gasteiger partial charge in [0.15, 0.2) is 12.1 Å². The second kappa shape index (κ2) is 48.9. The summed E-state index contributed by atoms with van der Waals surface area (Å²) in [6, 6.07) is 0. The van der Waals surface area contributed by atoms with Crippen molar-refractivity contribution >= 4 is 23.7 Å². The largest absolute Gasteiger partial charge is 0.510 e. The van der Waals surface area contributed by atoms with E-state index in [2.05, 4.69) is 10.3 Å². The molecule has 0 saturated carbocycles. The number of rotatable bonds is 47. The minimum Gasteiger partial charge on any atom is -0.510 e. The summed E-state index contributed by atoms with van der Waals surface area (Å²) in [5.41, 5.74) is -0.0412. The van der Waals surface area contributed by atoms with Crippen LogP contribution in [0.5, 0.6) is 0 Å². The highest BCUT2D eigenvalue weighted by Crippen LogP contribution is 2.28. The number of nitrogens with one attached hydrogen (secondary N) is 1. The number of aliphatic hydroxyl groups excluding tert-OH is 15. The third kappa shape index (κ3) is 37.0. The maximum Gasteiger partial charge on any atom is 0.248 e. The molecule has 1 aliphatic heterocycles. The number of ketones is 2. The van der Waals surface area contributed by atoms with Crippen LogP contribution in [0.3, 0.4) is 0 Å². The summed E-state index contributed by atoms with van der Waals surface area (Å²) in [4.78, 5) is 41.3. The number of amides is 1. The smallest absolute Gasteiger partial charge is 0.248 e. The van der Waals surface area contributed by atoms with Gasteiger partial charge >= 0.3 is 0 Å². The normalized spacial score (nSPS) is 23.9. The lowest BCUT2D eigenvalue weighted by atomic mass is 9.88. The fourth-order valence-electron chi connectivity index (χ4n) is 10.1. The molecule has 1 aliphatic carbocycles. The Hall–Kier alpha value is -5.74. The van der Waals surface area contributed by atoms with Gasteiger partial charge in [-0.15, -0.1) is 0 Å². The number of nitrogens with zero attached hydrogens (tertiary/aromatic N) is 1. The van der Waals surface area contributed by atoms with Crippen molar-refractivity contribution in [3.8, 4) is 0 Å². The maximum atomic E-state index is 13.6. The van der Waals surface area contributed by atoms with Crippen LogP contribution in [-0.4, -0.2) is 211 Å². The molecule has 0 spiro atoms. The van der Waals surface area contributed by atoms with Gasteiger partial charge < -0.3 is 91.4 Å². The predicted octanol–water partition coefficient (Wildman–Crippen LogP) is 5.12. The highest BCUT2D eigenvalue weighted by Gasteiger charge is 2.44. The van der Waals surface area contributed by atoms with Gasteiger partial charge in [-0.1, -0.05) is 161 Å². The van der Waals surface area contributed by atoms with Crippen LogP contribution in [0, 0.1) is 17.8 Å². The van der Waals surface area contributed by atoms with Crippen LogP contribution in [-0.2, 0) is 23.9 Å². The van der Waals surface area contributed by atoms with Crippen molar-refractivity contribution < 1.29 is 100 Å². The fraction of sp³-hybridized carbons (Fsp3) is 0.583. The summed E-state index contributed by atoms with van der Waals surface area (Å²) in [5.74, 6) is -2.90. The average molecular weight is 1320 g/mol. The minimum absolute atomic E-state index is 0.0212. The number of aliphatic imine (C=N–C) groups is 1. The number of hydrogen-bond acceptors (Lipinski definition) is 21. The average Bonchev–Trinajstić information content (AvgIpc) is 1.04. The number of aliphatic hydroxyl groups is 15. The molecule has 0 aromatic carbocycles. The third-order valence-corrected chi connectivity index (χ3v) is 15.9. The number of hydrogen-bond donors (Lipinski definition) is 16. The Morgan fingerprint density at radius 2 is 1.11 bits per heavy atom.